The van der Waals surface area contributed by atoms with E-state index in [1.807, 2.05) is 49.4 Å². The molecule has 0 fully saturated rings. The molecule has 2 aromatic carbocycles. The maximum Gasteiger partial charge on any atom is 0.240 e. The van der Waals surface area contributed by atoms with Crippen molar-refractivity contribution < 1.29 is 9.53 Å². The first-order valence-corrected chi connectivity index (χ1v) is 9.70. The van der Waals surface area contributed by atoms with Gasteiger partial charge >= 0.3 is 0 Å². The van der Waals surface area contributed by atoms with Crippen LogP contribution in [0.4, 0.5) is 0 Å². The monoisotopic (exact) mass is 394 g/mol. The summed E-state index contributed by atoms with van der Waals surface area (Å²) in [6, 6.07) is 16.0. The molecule has 3 aromatic rings. The minimum absolute atomic E-state index is 0.0924. The maximum absolute atomic E-state index is 12.5. The summed E-state index contributed by atoms with van der Waals surface area (Å²) in [6.45, 7) is 3.32. The number of fused-ring (bicyclic) bond motifs is 1. The maximum atomic E-state index is 12.5. The number of rotatable bonds is 5. The number of aryl methyl sites for hydroxylation is 1. The van der Waals surface area contributed by atoms with Crippen LogP contribution in [-0.2, 0) is 17.8 Å². The second-order valence-corrected chi connectivity index (χ2v) is 7.49. The highest BCUT2D eigenvalue weighted by molar-refractivity contribution is 7.71. The van der Waals surface area contributed by atoms with E-state index < -0.39 is 0 Å². The summed E-state index contributed by atoms with van der Waals surface area (Å²) >= 11 is 5.32. The van der Waals surface area contributed by atoms with Gasteiger partial charge in [0.2, 0.25) is 5.91 Å². The molecular formula is C21H22N4O2S. The molecule has 0 saturated heterocycles. The third kappa shape index (κ3) is 3.99. The highest BCUT2D eigenvalue weighted by atomic mass is 32.1. The summed E-state index contributed by atoms with van der Waals surface area (Å²) < 4.78 is 7.95. The second kappa shape index (κ2) is 7.98. The first kappa shape index (κ1) is 18.4. The number of ether oxygens (including phenoxy) is 1. The molecule has 28 heavy (non-hydrogen) atoms. The quantitative estimate of drug-likeness (QED) is 0.652. The third-order valence-electron chi connectivity index (χ3n) is 4.88. The Hall–Kier alpha value is -2.93. The van der Waals surface area contributed by atoms with Gasteiger partial charge in [-0.05, 0) is 43.3 Å². The number of carbonyl (C=O) groups excluding carboxylic acids is 1. The Bertz CT molecular complexity index is 1060. The Kier molecular flexibility index (Phi) is 5.25. The largest absolute Gasteiger partial charge is 0.493 e. The van der Waals surface area contributed by atoms with Crippen LogP contribution in [0.3, 0.4) is 0 Å². The van der Waals surface area contributed by atoms with Crippen LogP contribution in [0.2, 0.25) is 0 Å². The number of nitrogens with one attached hydrogen (secondary N) is 2. The Morgan fingerprint density at radius 1 is 1.32 bits per heavy atom. The van der Waals surface area contributed by atoms with E-state index in [-0.39, 0.29) is 18.4 Å². The minimum Gasteiger partial charge on any atom is -0.493 e. The highest BCUT2D eigenvalue weighted by Crippen LogP contribution is 2.26. The topological polar surface area (TPSA) is 71.9 Å². The summed E-state index contributed by atoms with van der Waals surface area (Å²) in [5, 5.41) is 10.1. The Morgan fingerprint density at radius 2 is 2.18 bits per heavy atom. The first-order valence-electron chi connectivity index (χ1n) is 9.30. The molecule has 1 aromatic heterocycles. The van der Waals surface area contributed by atoms with Crippen molar-refractivity contribution in [3.05, 3.63) is 64.4 Å². The normalized spacial score (nSPS) is 15.5. The van der Waals surface area contributed by atoms with Crippen molar-refractivity contribution >= 4 is 18.1 Å². The van der Waals surface area contributed by atoms with Gasteiger partial charge < -0.3 is 10.1 Å². The fourth-order valence-corrected chi connectivity index (χ4v) is 3.65. The van der Waals surface area contributed by atoms with Crippen molar-refractivity contribution in [3.63, 3.8) is 0 Å². The van der Waals surface area contributed by atoms with Crippen LogP contribution in [0.15, 0.2) is 48.5 Å². The van der Waals surface area contributed by atoms with Crippen LogP contribution < -0.4 is 10.1 Å². The van der Waals surface area contributed by atoms with Crippen LogP contribution >= 0.6 is 12.2 Å². The molecular weight excluding hydrogens is 372 g/mol. The number of amides is 1. The van der Waals surface area contributed by atoms with Crippen molar-refractivity contribution in [1.82, 2.24) is 20.1 Å². The molecule has 2 N–H and O–H groups in total. The molecule has 0 saturated carbocycles. The van der Waals surface area contributed by atoms with Gasteiger partial charge in [0.05, 0.1) is 6.61 Å². The molecule has 1 atom stereocenters. The van der Waals surface area contributed by atoms with Gasteiger partial charge in [0.25, 0.3) is 0 Å². The SMILES string of the molecule is Cc1cccc(-c2n[nH]c(=S)n2CC(=O)NC[C@H]2COc3ccccc3C2)c1. The molecule has 144 valence electrons. The van der Waals surface area contributed by atoms with Crippen molar-refractivity contribution in [2.75, 3.05) is 13.2 Å². The smallest absolute Gasteiger partial charge is 0.240 e. The third-order valence-corrected chi connectivity index (χ3v) is 5.19. The van der Waals surface area contributed by atoms with E-state index in [2.05, 4.69) is 21.6 Å². The fourth-order valence-electron chi connectivity index (χ4n) is 3.45. The molecule has 2 heterocycles. The van der Waals surface area contributed by atoms with E-state index >= 15 is 0 Å². The zero-order valence-corrected chi connectivity index (χ0v) is 16.5. The molecule has 4 rings (SSSR count). The van der Waals surface area contributed by atoms with E-state index in [9.17, 15) is 4.79 Å². The van der Waals surface area contributed by atoms with Gasteiger partial charge in [-0.15, -0.1) is 0 Å². The van der Waals surface area contributed by atoms with E-state index in [0.717, 1.165) is 23.3 Å². The lowest BCUT2D eigenvalue weighted by Gasteiger charge is -2.25. The number of carbonyl (C=O) groups is 1. The number of para-hydroxylation sites is 1. The van der Waals surface area contributed by atoms with Gasteiger partial charge in [-0.1, -0.05) is 42.0 Å². The fraction of sp³-hybridized carbons (Fsp3) is 0.286. The van der Waals surface area contributed by atoms with Gasteiger partial charge in [-0.3, -0.25) is 14.5 Å². The predicted octanol–water partition coefficient (Wildman–Crippen LogP) is 3.28. The van der Waals surface area contributed by atoms with Crippen molar-refractivity contribution in [2.45, 2.75) is 19.9 Å². The van der Waals surface area contributed by atoms with Gasteiger partial charge in [0.15, 0.2) is 10.6 Å². The summed E-state index contributed by atoms with van der Waals surface area (Å²) in [5.41, 5.74) is 3.24. The zero-order valence-electron chi connectivity index (χ0n) is 15.6. The van der Waals surface area contributed by atoms with Crippen LogP contribution in [0.25, 0.3) is 11.4 Å². The molecule has 6 nitrogen and oxygen atoms in total. The number of H-pyrrole nitrogens is 1. The summed E-state index contributed by atoms with van der Waals surface area (Å²) in [4.78, 5) is 12.5. The first-order chi connectivity index (χ1) is 13.6. The Labute approximate surface area is 168 Å². The summed E-state index contributed by atoms with van der Waals surface area (Å²) in [7, 11) is 0. The van der Waals surface area contributed by atoms with Crippen LogP contribution in [0.5, 0.6) is 5.75 Å². The lowest BCUT2D eigenvalue weighted by molar-refractivity contribution is -0.121. The summed E-state index contributed by atoms with van der Waals surface area (Å²) in [5.74, 6) is 1.77. The zero-order chi connectivity index (χ0) is 19.5. The van der Waals surface area contributed by atoms with E-state index in [0.29, 0.717) is 23.7 Å². The Balaban J connectivity index is 1.40. The van der Waals surface area contributed by atoms with Gasteiger partial charge in [-0.2, -0.15) is 5.10 Å². The van der Waals surface area contributed by atoms with Crippen LogP contribution in [-0.4, -0.2) is 33.8 Å². The molecule has 0 radical (unpaired) electrons. The average Bonchev–Trinajstić information content (AvgIpc) is 3.06. The lowest BCUT2D eigenvalue weighted by atomic mass is 9.97. The van der Waals surface area contributed by atoms with Crippen molar-refractivity contribution in [2.24, 2.45) is 5.92 Å². The Morgan fingerprint density at radius 3 is 3.04 bits per heavy atom. The average molecular weight is 395 g/mol. The molecule has 0 aliphatic carbocycles. The molecule has 1 aliphatic rings. The van der Waals surface area contributed by atoms with E-state index in [1.165, 1.54) is 5.56 Å². The number of aromatic nitrogens is 3. The van der Waals surface area contributed by atoms with E-state index in [4.69, 9.17) is 17.0 Å². The van der Waals surface area contributed by atoms with Gasteiger partial charge in [0, 0.05) is 18.0 Å². The van der Waals surface area contributed by atoms with Crippen molar-refractivity contribution in [1.29, 1.82) is 0 Å². The lowest BCUT2D eigenvalue weighted by Crippen LogP contribution is -2.36. The molecule has 0 unspecified atom stereocenters. The number of aromatic amines is 1. The number of hydrogen-bond acceptors (Lipinski definition) is 4. The minimum atomic E-state index is -0.0924. The number of nitrogens with zero attached hydrogens (tertiary/aromatic N) is 2. The molecule has 7 heteroatoms. The highest BCUT2D eigenvalue weighted by Gasteiger charge is 2.20. The van der Waals surface area contributed by atoms with Gasteiger partial charge in [-0.25, -0.2) is 0 Å². The predicted molar refractivity (Wildman–Crippen MR) is 110 cm³/mol. The van der Waals surface area contributed by atoms with Crippen LogP contribution in [0, 0.1) is 17.6 Å². The molecule has 1 amide bonds. The molecule has 1 aliphatic heterocycles. The molecule has 0 bridgehead atoms. The second-order valence-electron chi connectivity index (χ2n) is 7.10. The van der Waals surface area contributed by atoms with Crippen LogP contribution in [0.1, 0.15) is 11.1 Å². The standard InChI is InChI=1S/C21H22N4O2S/c1-14-5-4-7-17(9-14)20-23-24-21(28)25(20)12-19(26)22-11-15-10-16-6-2-3-8-18(16)27-13-15/h2-9,15H,10-13H2,1H3,(H,22,26)(H,24,28)/t15-/m0/s1. The van der Waals surface area contributed by atoms with Gasteiger partial charge in [0.1, 0.15) is 12.3 Å². The van der Waals surface area contributed by atoms with E-state index in [1.54, 1.807) is 4.57 Å². The summed E-state index contributed by atoms with van der Waals surface area (Å²) in [6.07, 6.45) is 0.899. The number of benzene rings is 2. The number of hydrogen-bond donors (Lipinski definition) is 2. The molecule has 0 spiro atoms. The van der Waals surface area contributed by atoms with Crippen molar-refractivity contribution in [3.8, 4) is 17.1 Å².